The predicted molar refractivity (Wildman–Crippen MR) is 237 cm³/mol. The molecule has 4 saturated heterocycles. The Hall–Kier alpha value is -3.70. The number of carbonyl (C=O) groups is 4. The Morgan fingerprint density at radius 1 is 0.458 bits per heavy atom. The molecule has 28 heteroatoms. The summed E-state index contributed by atoms with van der Waals surface area (Å²) >= 11 is 0. The molecule has 1 aromatic rings. The Morgan fingerprint density at radius 2 is 0.764 bits per heavy atom. The first-order chi connectivity index (χ1) is 33.6. The van der Waals surface area contributed by atoms with Crippen LogP contribution in [0.1, 0.15) is 62.3 Å². The SMILES string of the molecule is CC(C)(C)NC(=O)CN(C(=O)c1ccc(C(=O)N(CC(=O)NC(C)(C)C)[C@@H]2O[C@H](CO)[C@@H](O[C@@H]3O[C@H](CO)[C@H](O)[C@H](O)[C@H]3O)[C@H](O)[C@H]2O)cc1)[C@@H]1O[C@H](CO)[C@@H](O[C@@H]2O[C@H](CO)[C@H](O)[C@H](O)[C@H]2O)[C@H](O)[C@H]1O. The van der Waals surface area contributed by atoms with Gasteiger partial charge in [0.05, 0.1) is 26.4 Å². The lowest BCUT2D eigenvalue weighted by Gasteiger charge is -2.48. The van der Waals surface area contributed by atoms with Crippen molar-refractivity contribution in [3.63, 3.8) is 0 Å². The van der Waals surface area contributed by atoms with Gasteiger partial charge in [0.1, 0.15) is 111 Å². The van der Waals surface area contributed by atoms with Crippen LogP contribution in [0.2, 0.25) is 0 Å². The van der Waals surface area contributed by atoms with Gasteiger partial charge in [0.2, 0.25) is 11.8 Å². The van der Waals surface area contributed by atoms with Crippen molar-refractivity contribution >= 4 is 23.6 Å². The molecule has 0 unspecified atom stereocenters. The Labute approximate surface area is 412 Å². The highest BCUT2D eigenvalue weighted by Gasteiger charge is 2.54. The molecule has 0 aromatic heterocycles. The first kappa shape index (κ1) is 59.2. The van der Waals surface area contributed by atoms with Crippen molar-refractivity contribution in [1.82, 2.24) is 20.4 Å². The lowest BCUT2D eigenvalue weighted by atomic mass is 9.95. The zero-order valence-corrected chi connectivity index (χ0v) is 40.3. The van der Waals surface area contributed by atoms with Gasteiger partial charge in [-0.05, 0) is 65.8 Å². The number of hydrogen-bond acceptors (Lipinski definition) is 24. The fourth-order valence-electron chi connectivity index (χ4n) is 8.52. The van der Waals surface area contributed by atoms with Gasteiger partial charge in [-0.25, -0.2) is 0 Å². The summed E-state index contributed by atoms with van der Waals surface area (Å²) in [5.74, 6) is -3.67. The second-order valence-corrected chi connectivity index (χ2v) is 20.1. The Kier molecular flexibility index (Phi) is 20.0. The van der Waals surface area contributed by atoms with Crippen LogP contribution in [-0.2, 0) is 38.0 Å². The predicted octanol–water partition coefficient (Wildman–Crippen LogP) is -8.35. The van der Waals surface area contributed by atoms with E-state index in [0.717, 1.165) is 24.3 Å². The first-order valence-electron chi connectivity index (χ1n) is 23.1. The average Bonchev–Trinajstić information content (AvgIpc) is 3.31. The van der Waals surface area contributed by atoms with E-state index in [-0.39, 0.29) is 11.1 Å². The van der Waals surface area contributed by atoms with E-state index < -0.39 is 197 Å². The molecule has 0 aliphatic carbocycles. The summed E-state index contributed by atoms with van der Waals surface area (Å²) in [5, 5.41) is 153. The highest BCUT2D eigenvalue weighted by Crippen LogP contribution is 2.33. The van der Waals surface area contributed by atoms with Crippen LogP contribution >= 0.6 is 0 Å². The number of nitrogens with zero attached hydrogens (tertiary/aromatic N) is 2. The van der Waals surface area contributed by atoms with Gasteiger partial charge in [-0.1, -0.05) is 0 Å². The number of nitrogens with one attached hydrogen (secondary N) is 2. The standard InChI is InChI=1S/C44H70N4O24/c1-43(2,3)45-23(53)11-47(39-31(61)29(59)35(21(15-51)67-39)71-41-33(63)27(57)25(55)19(13-49)69-41)37(65)17-7-9-18(10-8-17)38(66)48(12-24(54)46-44(4,5)6)40-32(62)30(60)36(22(16-52)68-40)72-42-34(64)28(58)26(56)20(14-50)70-42/h7-10,19-22,25-36,39-42,49-52,55-64H,11-16H2,1-6H3,(H,45,53)(H,46,54)/t19-,20-,21-,22-,25+,26+,27+,28+,29-,30-,31-,32-,33-,34-,35-,36-,39-,40-,41+,42+/m1/s1. The van der Waals surface area contributed by atoms with Crippen LogP contribution in [0.15, 0.2) is 24.3 Å². The Balaban J connectivity index is 1.42. The van der Waals surface area contributed by atoms with Crippen LogP contribution in [-0.4, -0.2) is 278 Å². The summed E-state index contributed by atoms with van der Waals surface area (Å²) < 4.78 is 33.8. The summed E-state index contributed by atoms with van der Waals surface area (Å²) in [6, 6.07) is 4.41. The van der Waals surface area contributed by atoms with Gasteiger partial charge in [0.25, 0.3) is 11.8 Å². The highest BCUT2D eigenvalue weighted by molar-refractivity contribution is 6.00. The van der Waals surface area contributed by atoms with Crippen LogP contribution in [0.25, 0.3) is 0 Å². The van der Waals surface area contributed by atoms with Crippen molar-refractivity contribution in [2.75, 3.05) is 39.5 Å². The molecule has 0 spiro atoms. The van der Waals surface area contributed by atoms with Crippen molar-refractivity contribution in [2.45, 2.75) is 175 Å². The zero-order valence-electron chi connectivity index (χ0n) is 40.3. The third-order valence-corrected chi connectivity index (χ3v) is 12.1. The quantitative estimate of drug-likeness (QED) is 0.0731. The average molecular weight is 1040 g/mol. The molecule has 4 fully saturated rings. The molecule has 4 aliphatic heterocycles. The maximum atomic E-state index is 14.4. The molecular formula is C44H70N4O24. The van der Waals surface area contributed by atoms with E-state index in [1.807, 2.05) is 0 Å². The topological polar surface area (TPSA) is 437 Å². The van der Waals surface area contributed by atoms with E-state index >= 15 is 0 Å². The monoisotopic (exact) mass is 1040 g/mol. The van der Waals surface area contributed by atoms with Gasteiger partial charge >= 0.3 is 0 Å². The minimum Gasteiger partial charge on any atom is -0.394 e. The van der Waals surface area contributed by atoms with Gasteiger partial charge in [-0.2, -0.15) is 0 Å². The van der Waals surface area contributed by atoms with Crippen LogP contribution < -0.4 is 10.6 Å². The van der Waals surface area contributed by atoms with Gasteiger partial charge in [-0.15, -0.1) is 0 Å². The van der Waals surface area contributed by atoms with E-state index in [2.05, 4.69) is 10.6 Å². The first-order valence-corrected chi connectivity index (χ1v) is 23.1. The maximum absolute atomic E-state index is 14.4. The van der Waals surface area contributed by atoms with Crippen LogP contribution in [0.3, 0.4) is 0 Å². The molecule has 4 amide bonds. The minimum atomic E-state index is -2.13. The van der Waals surface area contributed by atoms with Crippen LogP contribution in [0, 0.1) is 0 Å². The molecule has 5 rings (SSSR count). The highest BCUT2D eigenvalue weighted by atomic mass is 16.7. The minimum absolute atomic E-state index is 0.268. The smallest absolute Gasteiger partial charge is 0.256 e. The number of ether oxygens (including phenoxy) is 6. The van der Waals surface area contributed by atoms with E-state index in [1.165, 1.54) is 0 Å². The van der Waals surface area contributed by atoms with E-state index in [9.17, 15) is 90.7 Å². The second kappa shape index (κ2) is 24.3. The largest absolute Gasteiger partial charge is 0.394 e. The molecule has 410 valence electrons. The number of aliphatic hydroxyl groups is 14. The van der Waals surface area contributed by atoms with Crippen molar-refractivity contribution in [1.29, 1.82) is 0 Å². The normalized spacial score (nSPS) is 37.6. The maximum Gasteiger partial charge on any atom is 0.256 e. The summed E-state index contributed by atoms with van der Waals surface area (Å²) in [6.07, 6.45) is -36.9. The van der Waals surface area contributed by atoms with Gasteiger partial charge in [0.15, 0.2) is 25.0 Å². The number of rotatable bonds is 16. The van der Waals surface area contributed by atoms with Crippen molar-refractivity contribution < 1.29 is 119 Å². The zero-order chi connectivity index (χ0) is 53.9. The van der Waals surface area contributed by atoms with Crippen molar-refractivity contribution in [2.24, 2.45) is 0 Å². The molecule has 4 heterocycles. The molecule has 4 aliphatic rings. The fourth-order valence-corrected chi connectivity index (χ4v) is 8.52. The molecule has 0 saturated carbocycles. The molecule has 28 nitrogen and oxygen atoms in total. The number of benzene rings is 1. The third kappa shape index (κ3) is 13.6. The number of aliphatic hydroxyl groups excluding tert-OH is 14. The molecule has 72 heavy (non-hydrogen) atoms. The lowest BCUT2D eigenvalue weighted by molar-refractivity contribution is -0.347. The fraction of sp³-hybridized carbons (Fsp3) is 0.773. The van der Waals surface area contributed by atoms with Crippen LogP contribution in [0.4, 0.5) is 0 Å². The molecule has 20 atom stereocenters. The molecule has 16 N–H and O–H groups in total. The summed E-state index contributed by atoms with van der Waals surface area (Å²) in [7, 11) is 0. The van der Waals surface area contributed by atoms with Crippen LogP contribution in [0.5, 0.6) is 0 Å². The Bertz CT molecular complexity index is 1830. The molecule has 0 bridgehead atoms. The van der Waals surface area contributed by atoms with Gasteiger partial charge < -0.3 is 120 Å². The molecule has 0 radical (unpaired) electrons. The number of hydrogen-bond donors (Lipinski definition) is 16. The van der Waals surface area contributed by atoms with Crippen molar-refractivity contribution in [3.8, 4) is 0 Å². The third-order valence-electron chi connectivity index (χ3n) is 12.1. The van der Waals surface area contributed by atoms with Gasteiger partial charge in [-0.3, -0.25) is 19.2 Å². The summed E-state index contributed by atoms with van der Waals surface area (Å²) in [5.41, 5.74) is -2.24. The summed E-state index contributed by atoms with van der Waals surface area (Å²) in [4.78, 5) is 57.1. The van der Waals surface area contributed by atoms with E-state index in [0.29, 0.717) is 9.80 Å². The van der Waals surface area contributed by atoms with E-state index in [1.54, 1.807) is 41.5 Å². The second-order valence-electron chi connectivity index (χ2n) is 20.1. The summed E-state index contributed by atoms with van der Waals surface area (Å²) in [6.45, 7) is 4.54. The Morgan fingerprint density at radius 3 is 1.04 bits per heavy atom. The number of carbonyl (C=O) groups excluding carboxylic acids is 4. The van der Waals surface area contributed by atoms with Crippen molar-refractivity contribution in [3.05, 3.63) is 35.4 Å². The molecule has 1 aromatic carbocycles. The molecular weight excluding hydrogens is 968 g/mol. The van der Waals surface area contributed by atoms with Gasteiger partial charge in [0, 0.05) is 22.2 Å². The van der Waals surface area contributed by atoms with E-state index in [4.69, 9.17) is 28.4 Å². The number of amides is 4. The lowest BCUT2D eigenvalue weighted by Crippen LogP contribution is -2.67.